The lowest BCUT2D eigenvalue weighted by molar-refractivity contribution is 0.0594. The monoisotopic (exact) mass is 377 g/mol. The van der Waals surface area contributed by atoms with Crippen LogP contribution in [0.4, 0.5) is 11.5 Å². The van der Waals surface area contributed by atoms with Gasteiger partial charge in [-0.1, -0.05) is 24.6 Å². The topological polar surface area (TPSA) is 54.5 Å². The average Bonchev–Trinajstić information content (AvgIpc) is 2.91. The highest BCUT2D eigenvalue weighted by molar-refractivity contribution is 7.99. The van der Waals surface area contributed by atoms with Crippen molar-refractivity contribution in [2.24, 2.45) is 0 Å². The number of hydrogen-bond donors (Lipinski definition) is 1. The largest absolute Gasteiger partial charge is 0.464 e. The molecule has 132 valence electrons. The smallest absolute Gasteiger partial charge is 0.356 e. The normalized spacial score (nSPS) is 15.7. The van der Waals surface area contributed by atoms with Crippen molar-refractivity contribution in [3.05, 3.63) is 46.6 Å². The Bertz CT molecular complexity index is 800. The second kappa shape index (κ2) is 7.54. The van der Waals surface area contributed by atoms with Gasteiger partial charge in [0.05, 0.1) is 19.0 Å². The van der Waals surface area contributed by atoms with Crippen LogP contribution in [0.1, 0.15) is 29.9 Å². The van der Waals surface area contributed by atoms with E-state index in [1.165, 1.54) is 12.0 Å². The lowest BCUT2D eigenvalue weighted by Gasteiger charge is -2.24. The van der Waals surface area contributed by atoms with Crippen LogP contribution in [-0.4, -0.2) is 30.0 Å². The zero-order chi connectivity index (χ0) is 18.0. The maximum absolute atomic E-state index is 11.7. The molecule has 0 radical (unpaired) electrons. The summed E-state index contributed by atoms with van der Waals surface area (Å²) in [5.41, 5.74) is 2.30. The van der Waals surface area contributed by atoms with E-state index >= 15 is 0 Å². The number of anilines is 2. The molecular weight excluding hydrogens is 358 g/mol. The Labute approximate surface area is 156 Å². The molecule has 0 saturated heterocycles. The third-order valence-electron chi connectivity index (χ3n) is 4.07. The van der Waals surface area contributed by atoms with Gasteiger partial charge in [-0.25, -0.2) is 9.78 Å². The molecule has 2 aromatic rings. The molecule has 1 aromatic heterocycles. The zero-order valence-corrected chi connectivity index (χ0v) is 15.9. The predicted octanol–water partition coefficient (Wildman–Crippen LogP) is 4.41. The molecule has 7 heteroatoms. The first kappa shape index (κ1) is 17.9. The van der Waals surface area contributed by atoms with Crippen molar-refractivity contribution < 1.29 is 9.53 Å². The van der Waals surface area contributed by atoms with Gasteiger partial charge < -0.3 is 15.0 Å². The first-order valence-electron chi connectivity index (χ1n) is 8.07. The number of carbonyl (C=O) groups excluding carboxylic acids is 1. The minimum atomic E-state index is -0.442. The molecule has 1 atom stereocenters. The summed E-state index contributed by atoms with van der Waals surface area (Å²) in [6, 6.07) is 9.75. The second-order valence-corrected chi connectivity index (χ2v) is 7.43. The second-order valence-electron chi connectivity index (χ2n) is 5.69. The summed E-state index contributed by atoms with van der Waals surface area (Å²) >= 11 is 8.24. The van der Waals surface area contributed by atoms with Crippen molar-refractivity contribution in [3.63, 3.8) is 0 Å². The van der Waals surface area contributed by atoms with E-state index in [-0.39, 0.29) is 6.17 Å². The van der Waals surface area contributed by atoms with Gasteiger partial charge in [-0.15, -0.1) is 11.8 Å². The van der Waals surface area contributed by atoms with Crippen LogP contribution in [0.15, 0.2) is 35.2 Å². The lowest BCUT2D eigenvalue weighted by Crippen LogP contribution is -2.32. The zero-order valence-electron chi connectivity index (χ0n) is 14.4. The number of aromatic nitrogens is 1. The summed E-state index contributed by atoms with van der Waals surface area (Å²) < 4.78 is 4.73. The van der Waals surface area contributed by atoms with E-state index < -0.39 is 5.97 Å². The van der Waals surface area contributed by atoms with Gasteiger partial charge in [-0.3, -0.25) is 0 Å². The molecule has 3 rings (SSSR count). The first-order valence-corrected chi connectivity index (χ1v) is 9.43. The molecule has 2 heterocycles. The molecule has 5 nitrogen and oxygen atoms in total. The van der Waals surface area contributed by atoms with E-state index in [1.807, 2.05) is 12.1 Å². The molecule has 1 aromatic carbocycles. The Morgan fingerprint density at radius 3 is 2.88 bits per heavy atom. The van der Waals surface area contributed by atoms with Crippen molar-refractivity contribution in [2.45, 2.75) is 31.5 Å². The molecule has 0 amide bonds. The van der Waals surface area contributed by atoms with Crippen LogP contribution in [0.3, 0.4) is 0 Å². The molecule has 25 heavy (non-hydrogen) atoms. The number of methoxy groups -OCH3 is 1. The van der Waals surface area contributed by atoms with E-state index in [1.54, 1.807) is 17.8 Å². The Morgan fingerprint density at radius 1 is 1.40 bits per heavy atom. The standard InChI is InChI=1S/C18H20ClN3O2S/c1-4-25-13-6-5-12(14(19)9-13)10-22-11(2)20-17-16(22)8-7-15(21-17)18(23)24-3/h5-9,11H,4,10H2,1-3H3,(H,20,21). The van der Waals surface area contributed by atoms with Crippen molar-refractivity contribution in [1.82, 2.24) is 4.98 Å². The molecule has 0 bridgehead atoms. The minimum absolute atomic E-state index is 0.0520. The number of esters is 1. The molecule has 0 aliphatic carbocycles. The fraction of sp³-hybridized carbons (Fsp3) is 0.333. The highest BCUT2D eigenvalue weighted by atomic mass is 35.5. The highest BCUT2D eigenvalue weighted by Gasteiger charge is 2.28. The van der Waals surface area contributed by atoms with Gasteiger partial charge in [0.15, 0.2) is 11.5 Å². The number of halogens is 1. The first-order chi connectivity index (χ1) is 12.0. The maximum atomic E-state index is 11.7. The molecule has 1 aliphatic heterocycles. The number of benzene rings is 1. The number of ether oxygens (including phenoxy) is 1. The Kier molecular flexibility index (Phi) is 5.39. The SMILES string of the molecule is CCSc1ccc(CN2c3ccc(C(=O)OC)nc3NC2C)c(Cl)c1. The van der Waals surface area contributed by atoms with Crippen LogP contribution >= 0.6 is 23.4 Å². The molecule has 1 aliphatic rings. The van der Waals surface area contributed by atoms with Crippen molar-refractivity contribution in [1.29, 1.82) is 0 Å². The fourth-order valence-electron chi connectivity index (χ4n) is 2.81. The third-order valence-corrected chi connectivity index (χ3v) is 5.30. The number of pyridine rings is 1. The molecule has 1 N–H and O–H groups in total. The van der Waals surface area contributed by atoms with E-state index in [9.17, 15) is 4.79 Å². The van der Waals surface area contributed by atoms with Crippen LogP contribution in [0.2, 0.25) is 5.02 Å². The number of carbonyl (C=O) groups is 1. The van der Waals surface area contributed by atoms with Gasteiger partial charge in [0.25, 0.3) is 0 Å². The number of rotatable bonds is 5. The van der Waals surface area contributed by atoms with Crippen molar-refractivity contribution >= 4 is 40.8 Å². The summed E-state index contributed by atoms with van der Waals surface area (Å²) in [7, 11) is 1.35. The molecule has 0 fully saturated rings. The summed E-state index contributed by atoms with van der Waals surface area (Å²) in [4.78, 5) is 19.4. The van der Waals surface area contributed by atoms with Crippen LogP contribution in [-0.2, 0) is 11.3 Å². The molecule has 1 unspecified atom stereocenters. The van der Waals surface area contributed by atoms with Gasteiger partial charge in [-0.2, -0.15) is 0 Å². The van der Waals surface area contributed by atoms with Crippen LogP contribution in [0.5, 0.6) is 0 Å². The van der Waals surface area contributed by atoms with Gasteiger partial charge >= 0.3 is 5.97 Å². The van der Waals surface area contributed by atoms with Crippen LogP contribution < -0.4 is 10.2 Å². The number of thioether (sulfide) groups is 1. The van der Waals surface area contributed by atoms with Gasteiger partial charge in [-0.05, 0) is 42.5 Å². The number of fused-ring (bicyclic) bond motifs is 1. The third kappa shape index (κ3) is 3.70. The van der Waals surface area contributed by atoms with Crippen LogP contribution in [0, 0.1) is 0 Å². The maximum Gasteiger partial charge on any atom is 0.356 e. The van der Waals surface area contributed by atoms with Crippen molar-refractivity contribution in [3.8, 4) is 0 Å². The Balaban J connectivity index is 1.84. The molecule has 0 saturated carbocycles. The molecule has 0 spiro atoms. The fourth-order valence-corrected chi connectivity index (χ4v) is 3.81. The Hall–Kier alpha value is -1.92. The van der Waals surface area contributed by atoms with Gasteiger partial charge in [0, 0.05) is 16.5 Å². The lowest BCUT2D eigenvalue weighted by atomic mass is 10.2. The summed E-state index contributed by atoms with van der Waals surface area (Å²) in [5, 5.41) is 4.06. The van der Waals surface area contributed by atoms with Crippen LogP contribution in [0.25, 0.3) is 0 Å². The quantitative estimate of drug-likeness (QED) is 0.615. The minimum Gasteiger partial charge on any atom is -0.464 e. The number of nitrogens with one attached hydrogen (secondary N) is 1. The average molecular weight is 378 g/mol. The summed E-state index contributed by atoms with van der Waals surface area (Å²) in [5.74, 6) is 1.26. The van der Waals surface area contributed by atoms with Gasteiger partial charge in [0.2, 0.25) is 0 Å². The van der Waals surface area contributed by atoms with E-state index in [2.05, 4.69) is 41.2 Å². The number of hydrogen-bond acceptors (Lipinski definition) is 6. The highest BCUT2D eigenvalue weighted by Crippen LogP contribution is 2.35. The van der Waals surface area contributed by atoms with E-state index in [0.717, 1.165) is 22.0 Å². The van der Waals surface area contributed by atoms with E-state index in [4.69, 9.17) is 16.3 Å². The van der Waals surface area contributed by atoms with Crippen molar-refractivity contribution in [2.75, 3.05) is 23.1 Å². The predicted molar refractivity (Wildman–Crippen MR) is 103 cm³/mol. The Morgan fingerprint density at radius 2 is 2.20 bits per heavy atom. The summed E-state index contributed by atoms with van der Waals surface area (Å²) in [6.07, 6.45) is 0.0520. The molecular formula is C18H20ClN3O2S. The van der Waals surface area contributed by atoms with E-state index in [0.29, 0.717) is 18.1 Å². The van der Waals surface area contributed by atoms with Gasteiger partial charge in [0.1, 0.15) is 0 Å². The number of nitrogens with zero attached hydrogens (tertiary/aromatic N) is 2. The summed E-state index contributed by atoms with van der Waals surface area (Å²) in [6.45, 7) is 4.83.